The molecule has 0 radical (unpaired) electrons. The second-order valence-corrected chi connectivity index (χ2v) is 13.8. The number of halogens is 2. The van der Waals surface area contributed by atoms with Crippen LogP contribution in [0.2, 0.25) is 18.1 Å². The summed E-state index contributed by atoms with van der Waals surface area (Å²) in [5.74, 6) is -0.286. The number of benzene rings is 1. The monoisotopic (exact) mass is 439 g/mol. The SMILES string of the molecule is C[C@@H](c1ccc(F)cc1)n1cc(CO[Si](C)(C)C(C)(C)C)cc(Br)c1=O. The van der Waals surface area contributed by atoms with Crippen molar-refractivity contribution in [2.45, 2.75) is 58.5 Å². The highest BCUT2D eigenvalue weighted by Crippen LogP contribution is 2.37. The summed E-state index contributed by atoms with van der Waals surface area (Å²) >= 11 is 3.37. The first kappa shape index (κ1) is 21.1. The van der Waals surface area contributed by atoms with Crippen molar-refractivity contribution in [1.29, 1.82) is 0 Å². The Morgan fingerprint density at radius 2 is 1.81 bits per heavy atom. The molecule has 0 fully saturated rings. The Morgan fingerprint density at radius 1 is 1.23 bits per heavy atom. The fraction of sp³-hybridized carbons (Fsp3) is 0.450. The lowest BCUT2D eigenvalue weighted by Crippen LogP contribution is -2.40. The second-order valence-electron chi connectivity index (χ2n) is 8.19. The lowest BCUT2D eigenvalue weighted by molar-refractivity contribution is 0.275. The summed E-state index contributed by atoms with van der Waals surface area (Å²) < 4.78 is 21.6. The van der Waals surface area contributed by atoms with Crippen molar-refractivity contribution in [3.63, 3.8) is 0 Å². The van der Waals surface area contributed by atoms with Gasteiger partial charge < -0.3 is 8.99 Å². The standard InChI is InChI=1S/C20H27BrFNO2Si/c1-14(16-7-9-17(22)10-8-16)23-12-15(11-18(21)19(23)24)13-25-26(5,6)20(2,3)4/h7-12,14H,13H2,1-6H3/t14-/m0/s1. The van der Waals surface area contributed by atoms with Crippen molar-refractivity contribution in [2.75, 3.05) is 0 Å². The van der Waals surface area contributed by atoms with Crippen LogP contribution < -0.4 is 5.56 Å². The van der Waals surface area contributed by atoms with Gasteiger partial charge in [-0.2, -0.15) is 0 Å². The lowest BCUT2D eigenvalue weighted by atomic mass is 10.1. The number of rotatable bonds is 5. The summed E-state index contributed by atoms with van der Waals surface area (Å²) in [5, 5.41) is 0.125. The number of aromatic nitrogens is 1. The summed E-state index contributed by atoms with van der Waals surface area (Å²) in [6.45, 7) is 13.4. The van der Waals surface area contributed by atoms with Crippen LogP contribution in [-0.2, 0) is 11.0 Å². The third-order valence-electron chi connectivity index (χ3n) is 5.23. The molecular weight excluding hydrogens is 413 g/mol. The molecule has 0 amide bonds. The Kier molecular flexibility index (Phi) is 6.31. The maximum Gasteiger partial charge on any atom is 0.265 e. The third-order valence-corrected chi connectivity index (χ3v) is 10.3. The Hall–Kier alpha value is -1.24. The summed E-state index contributed by atoms with van der Waals surface area (Å²) in [6.07, 6.45) is 1.84. The van der Waals surface area contributed by atoms with Gasteiger partial charge in [-0.05, 0) is 70.3 Å². The maximum absolute atomic E-state index is 13.2. The van der Waals surface area contributed by atoms with Gasteiger partial charge in [0.2, 0.25) is 0 Å². The fourth-order valence-corrected chi connectivity index (χ4v) is 3.83. The van der Waals surface area contributed by atoms with E-state index in [1.54, 1.807) is 16.7 Å². The van der Waals surface area contributed by atoms with Crippen LogP contribution in [0.3, 0.4) is 0 Å². The van der Waals surface area contributed by atoms with E-state index in [9.17, 15) is 9.18 Å². The van der Waals surface area contributed by atoms with E-state index < -0.39 is 8.32 Å². The highest BCUT2D eigenvalue weighted by molar-refractivity contribution is 9.10. The van der Waals surface area contributed by atoms with Gasteiger partial charge in [-0.1, -0.05) is 32.9 Å². The summed E-state index contributed by atoms with van der Waals surface area (Å²) in [7, 11) is -1.88. The molecule has 1 heterocycles. The quantitative estimate of drug-likeness (QED) is 0.544. The highest BCUT2D eigenvalue weighted by Gasteiger charge is 2.37. The van der Waals surface area contributed by atoms with E-state index in [0.717, 1.165) is 11.1 Å². The molecule has 2 rings (SSSR count). The van der Waals surface area contributed by atoms with Gasteiger partial charge >= 0.3 is 0 Å². The summed E-state index contributed by atoms with van der Waals surface area (Å²) in [5.41, 5.74) is 1.70. The molecule has 0 N–H and O–H groups in total. The van der Waals surface area contributed by atoms with Crippen LogP contribution in [0, 0.1) is 5.82 Å². The number of hydrogen-bond acceptors (Lipinski definition) is 2. The molecule has 0 aliphatic rings. The van der Waals surface area contributed by atoms with Crippen LogP contribution in [0.25, 0.3) is 0 Å². The van der Waals surface area contributed by atoms with Gasteiger partial charge in [0.05, 0.1) is 17.1 Å². The van der Waals surface area contributed by atoms with E-state index in [2.05, 4.69) is 49.8 Å². The van der Waals surface area contributed by atoms with Crippen molar-refractivity contribution in [1.82, 2.24) is 4.57 Å². The zero-order valence-electron chi connectivity index (χ0n) is 16.3. The van der Waals surface area contributed by atoms with E-state index >= 15 is 0 Å². The molecule has 26 heavy (non-hydrogen) atoms. The fourth-order valence-electron chi connectivity index (χ4n) is 2.37. The van der Waals surface area contributed by atoms with Crippen LogP contribution in [0.5, 0.6) is 0 Å². The summed E-state index contributed by atoms with van der Waals surface area (Å²) in [6, 6.07) is 7.86. The smallest absolute Gasteiger partial charge is 0.265 e. The Morgan fingerprint density at radius 3 is 2.35 bits per heavy atom. The average Bonchev–Trinajstić information content (AvgIpc) is 2.55. The molecule has 0 bridgehead atoms. The predicted octanol–water partition coefficient (Wildman–Crippen LogP) is 5.88. The van der Waals surface area contributed by atoms with Crippen LogP contribution in [0.1, 0.15) is 44.9 Å². The maximum atomic E-state index is 13.2. The first-order valence-corrected chi connectivity index (χ1v) is 12.4. The van der Waals surface area contributed by atoms with Crippen molar-refractivity contribution in [3.05, 3.63) is 68.3 Å². The van der Waals surface area contributed by atoms with Crippen molar-refractivity contribution >= 4 is 24.2 Å². The van der Waals surface area contributed by atoms with Crippen LogP contribution in [0.15, 0.2) is 45.8 Å². The molecule has 1 aromatic heterocycles. The molecule has 0 spiro atoms. The Balaban J connectivity index is 2.32. The van der Waals surface area contributed by atoms with Gasteiger partial charge in [0.25, 0.3) is 5.56 Å². The van der Waals surface area contributed by atoms with E-state index in [-0.39, 0.29) is 22.5 Å². The molecule has 6 heteroatoms. The topological polar surface area (TPSA) is 31.2 Å². The van der Waals surface area contributed by atoms with Gasteiger partial charge in [0, 0.05) is 6.20 Å². The van der Waals surface area contributed by atoms with E-state index in [1.165, 1.54) is 12.1 Å². The number of pyridine rings is 1. The van der Waals surface area contributed by atoms with E-state index in [4.69, 9.17) is 4.43 Å². The minimum atomic E-state index is -1.88. The minimum Gasteiger partial charge on any atom is -0.413 e. The zero-order chi connectivity index (χ0) is 19.7. The first-order valence-electron chi connectivity index (χ1n) is 8.72. The molecule has 0 saturated heterocycles. The van der Waals surface area contributed by atoms with E-state index in [1.807, 2.05) is 19.2 Å². The molecule has 3 nitrogen and oxygen atoms in total. The van der Waals surface area contributed by atoms with Crippen LogP contribution in [0.4, 0.5) is 4.39 Å². The zero-order valence-corrected chi connectivity index (χ0v) is 18.9. The highest BCUT2D eigenvalue weighted by atomic mass is 79.9. The molecule has 1 aromatic carbocycles. The van der Waals surface area contributed by atoms with Crippen molar-refractivity contribution < 1.29 is 8.82 Å². The van der Waals surface area contributed by atoms with E-state index in [0.29, 0.717) is 11.1 Å². The normalized spacial score (nSPS) is 13.7. The second kappa shape index (κ2) is 7.78. The molecule has 1 atom stereocenters. The van der Waals surface area contributed by atoms with Gasteiger partial charge in [0.1, 0.15) is 5.82 Å². The van der Waals surface area contributed by atoms with Gasteiger partial charge in [0.15, 0.2) is 8.32 Å². The van der Waals surface area contributed by atoms with Crippen molar-refractivity contribution in [3.8, 4) is 0 Å². The lowest BCUT2D eigenvalue weighted by Gasteiger charge is -2.36. The van der Waals surface area contributed by atoms with Gasteiger partial charge in [-0.3, -0.25) is 4.79 Å². The largest absolute Gasteiger partial charge is 0.413 e. The molecule has 0 aliphatic heterocycles. The minimum absolute atomic E-state index is 0.113. The number of hydrogen-bond donors (Lipinski definition) is 0. The molecule has 0 aliphatic carbocycles. The predicted molar refractivity (Wildman–Crippen MR) is 111 cm³/mol. The van der Waals surface area contributed by atoms with Crippen LogP contribution in [-0.4, -0.2) is 12.9 Å². The van der Waals surface area contributed by atoms with Gasteiger partial charge in [-0.25, -0.2) is 4.39 Å². The molecular formula is C20H27BrFNO2Si. The van der Waals surface area contributed by atoms with Crippen LogP contribution >= 0.6 is 15.9 Å². The first-order chi connectivity index (χ1) is 11.9. The molecule has 0 unspecified atom stereocenters. The average molecular weight is 440 g/mol. The summed E-state index contributed by atoms with van der Waals surface area (Å²) in [4.78, 5) is 12.6. The third kappa shape index (κ3) is 4.72. The Bertz CT molecular complexity index is 825. The Labute approximate surface area is 164 Å². The molecule has 2 aromatic rings. The van der Waals surface area contributed by atoms with Gasteiger partial charge in [-0.15, -0.1) is 0 Å². The van der Waals surface area contributed by atoms with Crippen molar-refractivity contribution in [2.24, 2.45) is 0 Å². The molecule has 142 valence electrons. The molecule has 0 saturated carbocycles. The number of nitrogens with zero attached hydrogens (tertiary/aromatic N) is 1.